The second-order valence-corrected chi connectivity index (χ2v) is 4.87. The van der Waals surface area contributed by atoms with Crippen molar-refractivity contribution >= 4 is 11.8 Å². The van der Waals surface area contributed by atoms with Crippen LogP contribution in [-0.4, -0.2) is 12.3 Å². The molecule has 2 N–H and O–H groups in total. The van der Waals surface area contributed by atoms with Gasteiger partial charge in [0.05, 0.1) is 0 Å². The minimum atomic E-state index is -0.138. The molecule has 2 unspecified atom stereocenters. The van der Waals surface area contributed by atoms with E-state index < -0.39 is 0 Å². The van der Waals surface area contributed by atoms with E-state index in [4.69, 9.17) is 5.73 Å². The predicted octanol–water partition coefficient (Wildman–Crippen LogP) is 2.61. The van der Waals surface area contributed by atoms with Crippen LogP contribution in [0.25, 0.3) is 0 Å². The number of halogens is 1. The Hall–Kier alpha value is -0.540. The molecular formula is C11H14FNS. The number of fused-ring (bicyclic) bond motifs is 1. The lowest BCUT2D eigenvalue weighted by atomic mass is 9.89. The van der Waals surface area contributed by atoms with Gasteiger partial charge < -0.3 is 5.73 Å². The maximum atomic E-state index is 13.1. The largest absolute Gasteiger partial charge is 0.330 e. The first-order valence-corrected chi connectivity index (χ1v) is 5.83. The Bertz CT molecular complexity index is 340. The molecular weight excluding hydrogens is 197 g/mol. The molecule has 0 saturated carbocycles. The molecule has 0 radical (unpaired) electrons. The zero-order valence-electron chi connectivity index (χ0n) is 8.16. The van der Waals surface area contributed by atoms with E-state index >= 15 is 0 Å². The highest BCUT2D eigenvalue weighted by molar-refractivity contribution is 7.99. The Labute approximate surface area is 87.9 Å². The van der Waals surface area contributed by atoms with Crippen molar-refractivity contribution in [3.8, 4) is 0 Å². The van der Waals surface area contributed by atoms with E-state index in [1.165, 1.54) is 11.0 Å². The molecule has 0 aromatic heterocycles. The number of thioether (sulfide) groups is 1. The molecule has 2 atom stereocenters. The maximum absolute atomic E-state index is 13.1. The summed E-state index contributed by atoms with van der Waals surface area (Å²) in [5, 5.41) is 0. The van der Waals surface area contributed by atoms with Crippen LogP contribution in [0.3, 0.4) is 0 Å². The molecule has 1 aromatic rings. The first-order valence-electron chi connectivity index (χ1n) is 4.84. The minimum Gasteiger partial charge on any atom is -0.330 e. The van der Waals surface area contributed by atoms with Gasteiger partial charge >= 0.3 is 0 Å². The van der Waals surface area contributed by atoms with E-state index in [0.29, 0.717) is 18.4 Å². The van der Waals surface area contributed by atoms with Crippen LogP contribution in [-0.2, 0) is 0 Å². The lowest BCUT2D eigenvalue weighted by molar-refractivity contribution is 0.503. The Morgan fingerprint density at radius 3 is 3.14 bits per heavy atom. The lowest BCUT2D eigenvalue weighted by Gasteiger charge is -2.17. The Balaban J connectivity index is 2.33. The first kappa shape index (κ1) is 9.99. The lowest BCUT2D eigenvalue weighted by Crippen LogP contribution is -2.19. The first-order chi connectivity index (χ1) is 6.72. The van der Waals surface area contributed by atoms with Crippen LogP contribution in [0.5, 0.6) is 0 Å². The van der Waals surface area contributed by atoms with Crippen molar-refractivity contribution in [2.75, 3.05) is 12.3 Å². The normalized spacial score (nSPS) is 22.1. The third kappa shape index (κ3) is 1.66. The monoisotopic (exact) mass is 211 g/mol. The fourth-order valence-corrected chi connectivity index (χ4v) is 3.25. The van der Waals surface area contributed by atoms with Gasteiger partial charge in [-0.2, -0.15) is 0 Å². The summed E-state index contributed by atoms with van der Waals surface area (Å²) in [5.74, 6) is 1.76. The summed E-state index contributed by atoms with van der Waals surface area (Å²) >= 11 is 1.81. The average molecular weight is 211 g/mol. The van der Waals surface area contributed by atoms with Gasteiger partial charge in [0, 0.05) is 10.6 Å². The van der Waals surface area contributed by atoms with Crippen LogP contribution >= 0.6 is 11.8 Å². The Morgan fingerprint density at radius 1 is 1.64 bits per heavy atom. The molecule has 3 heteroatoms. The second-order valence-electron chi connectivity index (χ2n) is 3.81. The van der Waals surface area contributed by atoms with E-state index in [2.05, 4.69) is 6.92 Å². The molecule has 0 aliphatic carbocycles. The zero-order chi connectivity index (χ0) is 10.1. The van der Waals surface area contributed by atoms with Crippen molar-refractivity contribution in [1.82, 2.24) is 0 Å². The number of nitrogens with two attached hydrogens (primary N) is 1. The molecule has 0 saturated heterocycles. The Kier molecular flexibility index (Phi) is 2.79. The number of rotatable bonds is 2. The second kappa shape index (κ2) is 3.91. The molecule has 1 heterocycles. The van der Waals surface area contributed by atoms with E-state index in [9.17, 15) is 4.39 Å². The van der Waals surface area contributed by atoms with Crippen molar-refractivity contribution in [2.24, 2.45) is 11.7 Å². The number of benzene rings is 1. The molecule has 1 nitrogen and oxygen atoms in total. The molecule has 1 aliphatic heterocycles. The Morgan fingerprint density at radius 2 is 2.43 bits per heavy atom. The van der Waals surface area contributed by atoms with Crippen LogP contribution in [0.15, 0.2) is 23.1 Å². The van der Waals surface area contributed by atoms with Gasteiger partial charge in [0.2, 0.25) is 0 Å². The molecule has 1 aromatic carbocycles. The molecule has 0 bridgehead atoms. The minimum absolute atomic E-state index is 0.138. The third-order valence-corrected chi connectivity index (χ3v) is 4.06. The van der Waals surface area contributed by atoms with Gasteiger partial charge in [0.25, 0.3) is 0 Å². The molecule has 0 amide bonds. The number of hydrogen-bond acceptors (Lipinski definition) is 2. The van der Waals surface area contributed by atoms with Crippen molar-refractivity contribution in [3.63, 3.8) is 0 Å². The van der Waals surface area contributed by atoms with Gasteiger partial charge in [-0.15, -0.1) is 11.8 Å². The zero-order valence-corrected chi connectivity index (χ0v) is 8.98. The smallest absolute Gasteiger partial charge is 0.123 e. The van der Waals surface area contributed by atoms with Crippen LogP contribution in [0.4, 0.5) is 4.39 Å². The summed E-state index contributed by atoms with van der Waals surface area (Å²) in [6.45, 7) is 2.80. The van der Waals surface area contributed by atoms with Crippen LogP contribution < -0.4 is 5.73 Å². The molecule has 0 spiro atoms. The number of hydrogen-bond donors (Lipinski definition) is 1. The van der Waals surface area contributed by atoms with E-state index in [1.807, 2.05) is 6.07 Å². The summed E-state index contributed by atoms with van der Waals surface area (Å²) < 4.78 is 13.1. The molecule has 14 heavy (non-hydrogen) atoms. The third-order valence-electron chi connectivity index (χ3n) is 2.85. The van der Waals surface area contributed by atoms with Crippen LogP contribution in [0.2, 0.25) is 0 Å². The van der Waals surface area contributed by atoms with E-state index in [-0.39, 0.29) is 5.82 Å². The van der Waals surface area contributed by atoms with Crippen molar-refractivity contribution in [1.29, 1.82) is 0 Å². The van der Waals surface area contributed by atoms with Crippen LogP contribution in [0, 0.1) is 11.7 Å². The average Bonchev–Trinajstić information content (AvgIpc) is 2.59. The SMILES string of the molecule is CC(CN)C1CSc2ccc(F)cc21. The van der Waals surface area contributed by atoms with Gasteiger partial charge in [0.1, 0.15) is 5.82 Å². The molecule has 76 valence electrons. The summed E-state index contributed by atoms with van der Waals surface area (Å²) in [5.41, 5.74) is 6.79. The van der Waals surface area contributed by atoms with Crippen molar-refractivity contribution < 1.29 is 4.39 Å². The molecule has 1 aliphatic rings. The van der Waals surface area contributed by atoms with Gasteiger partial charge in [-0.1, -0.05) is 6.92 Å². The maximum Gasteiger partial charge on any atom is 0.123 e. The van der Waals surface area contributed by atoms with Crippen LogP contribution in [0.1, 0.15) is 18.4 Å². The molecule has 0 fully saturated rings. The van der Waals surface area contributed by atoms with Gasteiger partial charge in [-0.25, -0.2) is 4.39 Å². The standard InChI is InChI=1S/C11H14FNS/c1-7(5-13)10-6-14-11-3-2-8(12)4-9(10)11/h2-4,7,10H,5-6,13H2,1H3. The summed E-state index contributed by atoms with van der Waals surface area (Å²) in [6, 6.07) is 5.06. The summed E-state index contributed by atoms with van der Waals surface area (Å²) in [4.78, 5) is 1.22. The molecule has 2 rings (SSSR count). The highest BCUT2D eigenvalue weighted by Crippen LogP contribution is 2.43. The van der Waals surface area contributed by atoms with Crippen molar-refractivity contribution in [2.45, 2.75) is 17.7 Å². The fourth-order valence-electron chi connectivity index (χ4n) is 1.84. The van der Waals surface area contributed by atoms with Gasteiger partial charge in [-0.05, 0) is 42.1 Å². The highest BCUT2D eigenvalue weighted by atomic mass is 32.2. The van der Waals surface area contributed by atoms with E-state index in [0.717, 1.165) is 11.3 Å². The van der Waals surface area contributed by atoms with E-state index in [1.54, 1.807) is 17.8 Å². The predicted molar refractivity (Wildman–Crippen MR) is 58.1 cm³/mol. The quantitative estimate of drug-likeness (QED) is 0.813. The fraction of sp³-hybridized carbons (Fsp3) is 0.455. The van der Waals surface area contributed by atoms with Gasteiger partial charge in [-0.3, -0.25) is 0 Å². The van der Waals surface area contributed by atoms with Gasteiger partial charge in [0.15, 0.2) is 0 Å². The highest BCUT2D eigenvalue weighted by Gasteiger charge is 2.27. The summed E-state index contributed by atoms with van der Waals surface area (Å²) in [6.07, 6.45) is 0. The van der Waals surface area contributed by atoms with Crippen molar-refractivity contribution in [3.05, 3.63) is 29.6 Å². The summed E-state index contributed by atoms with van der Waals surface area (Å²) in [7, 11) is 0. The topological polar surface area (TPSA) is 26.0 Å².